The number of Topliss-reactive ketones (excluding diaryl/α,β-unsaturated/α-hetero) is 1. The van der Waals surface area contributed by atoms with E-state index in [1.165, 1.54) is 0 Å². The van der Waals surface area contributed by atoms with Crippen LogP contribution in [0.15, 0.2) is 54.7 Å². The number of anilines is 2. The summed E-state index contributed by atoms with van der Waals surface area (Å²) in [5.41, 5.74) is 4.06. The first kappa shape index (κ1) is 35.8. The summed E-state index contributed by atoms with van der Waals surface area (Å²) in [5.74, 6) is 1.48. The fourth-order valence-electron chi connectivity index (χ4n) is 6.06. The van der Waals surface area contributed by atoms with Crippen molar-refractivity contribution in [1.29, 1.82) is 0 Å². The summed E-state index contributed by atoms with van der Waals surface area (Å²) in [4.78, 5) is 35.8. The number of ether oxygens (including phenoxy) is 1. The van der Waals surface area contributed by atoms with Crippen LogP contribution in [0, 0.1) is 0 Å². The Hall–Kier alpha value is -4.51. The number of amides is 2. The van der Waals surface area contributed by atoms with E-state index in [2.05, 4.69) is 64.4 Å². The van der Waals surface area contributed by atoms with Gasteiger partial charge < -0.3 is 25.2 Å². The highest BCUT2D eigenvalue weighted by atomic mass is 16.5. The monoisotopic (exact) mass is 668 g/mol. The van der Waals surface area contributed by atoms with Gasteiger partial charge in [0.25, 0.3) is 0 Å². The number of hydrogen-bond donors (Lipinski definition) is 2. The van der Waals surface area contributed by atoms with Gasteiger partial charge in [-0.1, -0.05) is 45.0 Å². The van der Waals surface area contributed by atoms with E-state index >= 15 is 0 Å². The summed E-state index contributed by atoms with van der Waals surface area (Å²) in [6, 6.07) is 15.0. The third kappa shape index (κ3) is 8.21. The molecule has 1 aliphatic rings. The molecule has 2 atom stereocenters. The smallest absolute Gasteiger partial charge is 0.319 e. The van der Waals surface area contributed by atoms with Crippen molar-refractivity contribution in [3.8, 4) is 5.75 Å². The van der Waals surface area contributed by atoms with Gasteiger partial charge in [-0.05, 0) is 96.4 Å². The lowest BCUT2D eigenvalue weighted by Crippen LogP contribution is -2.38. The fourth-order valence-corrected chi connectivity index (χ4v) is 6.06. The van der Waals surface area contributed by atoms with Gasteiger partial charge in [-0.25, -0.2) is 9.78 Å². The third-order valence-corrected chi connectivity index (χ3v) is 9.73. The van der Waals surface area contributed by atoms with E-state index < -0.39 is 0 Å². The Bertz CT molecular complexity index is 1790. The molecule has 1 aromatic carbocycles. The molecule has 0 unspecified atom stereocenters. The lowest BCUT2D eigenvalue weighted by molar-refractivity contribution is 0.0939. The Morgan fingerprint density at radius 2 is 1.67 bits per heavy atom. The molecule has 0 spiro atoms. The highest BCUT2D eigenvalue weighted by Crippen LogP contribution is 2.39. The van der Waals surface area contributed by atoms with Crippen molar-refractivity contribution >= 4 is 29.1 Å². The number of ketones is 1. The molecule has 3 heterocycles. The molecule has 0 saturated carbocycles. The molecule has 4 aromatic rings. The Balaban J connectivity index is 1.31. The quantitative estimate of drug-likeness (QED) is 0.151. The maximum atomic E-state index is 13.5. The average molecular weight is 669 g/mol. The van der Waals surface area contributed by atoms with Crippen LogP contribution in [0.1, 0.15) is 114 Å². The van der Waals surface area contributed by atoms with E-state index in [4.69, 9.17) is 9.72 Å². The van der Waals surface area contributed by atoms with Crippen LogP contribution in [0.2, 0.25) is 0 Å². The number of carbonyl (C=O) groups excluding carboxylic acids is 2. The van der Waals surface area contributed by atoms with Crippen molar-refractivity contribution in [2.75, 3.05) is 37.4 Å². The van der Waals surface area contributed by atoms with Gasteiger partial charge >= 0.3 is 6.03 Å². The minimum atomic E-state index is -0.334. The van der Waals surface area contributed by atoms with Crippen LogP contribution < -0.4 is 20.3 Å². The molecule has 0 radical (unpaired) electrons. The van der Waals surface area contributed by atoms with Gasteiger partial charge in [-0.2, -0.15) is 0 Å². The zero-order valence-electron chi connectivity index (χ0n) is 30.5. The zero-order chi connectivity index (χ0) is 35.5. The van der Waals surface area contributed by atoms with Gasteiger partial charge in [0, 0.05) is 41.8 Å². The minimum Gasteiger partial charge on any atom is -0.484 e. The van der Waals surface area contributed by atoms with Crippen LogP contribution in [-0.4, -0.2) is 69.0 Å². The zero-order valence-corrected chi connectivity index (χ0v) is 30.5. The van der Waals surface area contributed by atoms with E-state index in [1.807, 2.05) is 81.9 Å². The standard InChI is InChI=1S/C38H52N8O3/c1-10-45(11-2)36-43-42-34-19-16-26(24-46(34)36)49-32-18-17-29(27-14-12-13-15-28(27)32)41-35(48)39-25-22-30(40-33(23-25)37(3,4)5)31(47)20-21-38(6,7)44(8)9/h12-16,19,22-24,29,32H,10-11,17-18,20-21H2,1-9H3,(H2,39,40,41,48)/t29-,32+/m0/s1. The van der Waals surface area contributed by atoms with Gasteiger partial charge in [0.05, 0.1) is 12.2 Å². The number of urea groups is 1. The lowest BCUT2D eigenvalue weighted by atomic mass is 9.85. The Morgan fingerprint density at radius 1 is 0.959 bits per heavy atom. The summed E-state index contributed by atoms with van der Waals surface area (Å²) in [7, 11) is 4.04. The lowest BCUT2D eigenvalue weighted by Gasteiger charge is -2.32. The number of rotatable bonds is 12. The van der Waals surface area contributed by atoms with Gasteiger partial charge in [0.2, 0.25) is 5.95 Å². The molecule has 2 N–H and O–H groups in total. The van der Waals surface area contributed by atoms with E-state index in [0.717, 1.165) is 53.7 Å². The van der Waals surface area contributed by atoms with Crippen LogP contribution in [0.5, 0.6) is 5.75 Å². The predicted octanol–water partition coefficient (Wildman–Crippen LogP) is 7.35. The van der Waals surface area contributed by atoms with Gasteiger partial charge in [-0.3, -0.25) is 9.20 Å². The molecular weight excluding hydrogens is 616 g/mol. The predicted molar refractivity (Wildman–Crippen MR) is 195 cm³/mol. The van der Waals surface area contributed by atoms with Crippen LogP contribution in [-0.2, 0) is 5.41 Å². The molecule has 3 aromatic heterocycles. The van der Waals surface area contributed by atoms with Crippen molar-refractivity contribution in [3.05, 3.63) is 77.2 Å². The maximum absolute atomic E-state index is 13.5. The summed E-state index contributed by atoms with van der Waals surface area (Å²) >= 11 is 0. The summed E-state index contributed by atoms with van der Waals surface area (Å²) in [6.07, 6.45) is 4.25. The highest BCUT2D eigenvalue weighted by Gasteiger charge is 2.30. The minimum absolute atomic E-state index is 0.0375. The van der Waals surface area contributed by atoms with Crippen molar-refractivity contribution in [2.45, 2.75) is 97.2 Å². The Morgan fingerprint density at radius 3 is 2.35 bits per heavy atom. The van der Waals surface area contributed by atoms with Gasteiger partial charge in [-0.15, -0.1) is 10.2 Å². The average Bonchev–Trinajstić information content (AvgIpc) is 3.47. The maximum Gasteiger partial charge on any atom is 0.319 e. The molecule has 262 valence electrons. The van der Waals surface area contributed by atoms with Crippen molar-refractivity contribution in [1.82, 2.24) is 29.8 Å². The highest BCUT2D eigenvalue weighted by molar-refractivity contribution is 5.97. The normalized spacial score (nSPS) is 16.4. The largest absolute Gasteiger partial charge is 0.484 e. The number of aromatic nitrogens is 4. The molecule has 0 bridgehead atoms. The fraction of sp³-hybridized carbons (Fsp3) is 0.500. The first-order valence-electron chi connectivity index (χ1n) is 17.4. The topological polar surface area (TPSA) is 117 Å². The molecule has 2 amide bonds. The number of carbonyl (C=O) groups is 2. The number of fused-ring (bicyclic) bond motifs is 2. The van der Waals surface area contributed by atoms with Gasteiger partial charge in [0.15, 0.2) is 11.4 Å². The molecule has 1 aliphatic carbocycles. The van der Waals surface area contributed by atoms with Crippen LogP contribution in [0.4, 0.5) is 16.4 Å². The second kappa shape index (κ2) is 14.5. The Labute approximate surface area is 290 Å². The number of nitrogens with one attached hydrogen (secondary N) is 2. The molecular formula is C38H52N8O3. The van der Waals surface area contributed by atoms with E-state index in [1.54, 1.807) is 6.07 Å². The Kier molecular flexibility index (Phi) is 10.6. The van der Waals surface area contributed by atoms with Gasteiger partial charge in [0.1, 0.15) is 17.5 Å². The van der Waals surface area contributed by atoms with Crippen LogP contribution in [0.3, 0.4) is 0 Å². The number of hydrogen-bond acceptors (Lipinski definition) is 8. The molecule has 0 saturated heterocycles. The van der Waals surface area contributed by atoms with Crippen LogP contribution >= 0.6 is 0 Å². The molecule has 5 rings (SSSR count). The molecule has 11 heteroatoms. The van der Waals surface area contributed by atoms with Crippen molar-refractivity contribution < 1.29 is 14.3 Å². The summed E-state index contributed by atoms with van der Waals surface area (Å²) in [5, 5.41) is 14.9. The SMILES string of the molecule is CCN(CC)c1nnc2ccc(O[C@@H]3CC[C@H](NC(=O)Nc4cc(C(=O)CCC(C)(C)N(C)C)nc(C(C)(C)C)c4)c4ccccc43)cn12. The van der Waals surface area contributed by atoms with E-state index in [9.17, 15) is 9.59 Å². The molecule has 0 fully saturated rings. The number of nitrogens with zero attached hydrogens (tertiary/aromatic N) is 6. The number of benzene rings is 1. The van der Waals surface area contributed by atoms with E-state index in [-0.39, 0.29) is 34.9 Å². The molecule has 0 aliphatic heterocycles. The summed E-state index contributed by atoms with van der Waals surface area (Å²) in [6.45, 7) is 16.2. The van der Waals surface area contributed by atoms with Crippen molar-refractivity contribution in [2.24, 2.45) is 0 Å². The first-order chi connectivity index (χ1) is 23.2. The molecule has 11 nitrogen and oxygen atoms in total. The van der Waals surface area contributed by atoms with E-state index in [0.29, 0.717) is 30.6 Å². The number of pyridine rings is 2. The third-order valence-electron chi connectivity index (χ3n) is 9.73. The van der Waals surface area contributed by atoms with Crippen molar-refractivity contribution in [3.63, 3.8) is 0 Å². The van der Waals surface area contributed by atoms with Crippen LogP contribution in [0.25, 0.3) is 5.65 Å². The summed E-state index contributed by atoms with van der Waals surface area (Å²) < 4.78 is 8.55. The first-order valence-corrected chi connectivity index (χ1v) is 17.4. The second-order valence-electron chi connectivity index (χ2n) is 14.7. The molecule has 49 heavy (non-hydrogen) atoms. The second-order valence-corrected chi connectivity index (χ2v) is 14.7.